The van der Waals surface area contributed by atoms with Gasteiger partial charge in [-0.3, -0.25) is 4.79 Å². The lowest BCUT2D eigenvalue weighted by molar-refractivity contribution is -0.131. The smallest absolute Gasteiger partial charge is 0.239 e. The molecule has 0 aromatic heterocycles. The van der Waals surface area contributed by atoms with Gasteiger partial charge in [0, 0.05) is 18.6 Å². The molecule has 1 atom stereocenters. The summed E-state index contributed by atoms with van der Waals surface area (Å²) >= 11 is 0. The van der Waals surface area contributed by atoms with Gasteiger partial charge in [-0.1, -0.05) is 0 Å². The summed E-state index contributed by atoms with van der Waals surface area (Å²) in [5.41, 5.74) is 5.95. The second kappa shape index (κ2) is 3.76. The first-order valence-corrected chi connectivity index (χ1v) is 5.77. The highest BCUT2D eigenvalue weighted by Crippen LogP contribution is 2.37. The molecule has 1 amide bonds. The van der Waals surface area contributed by atoms with Gasteiger partial charge >= 0.3 is 0 Å². The minimum Gasteiger partial charge on any atom is -0.339 e. The van der Waals surface area contributed by atoms with Crippen molar-refractivity contribution in [1.29, 1.82) is 0 Å². The van der Waals surface area contributed by atoms with Crippen LogP contribution in [-0.4, -0.2) is 54.5 Å². The number of nitrogens with zero attached hydrogens (tertiary/aromatic N) is 2. The van der Waals surface area contributed by atoms with E-state index in [0.717, 1.165) is 19.5 Å². The van der Waals surface area contributed by atoms with Crippen molar-refractivity contribution < 1.29 is 4.79 Å². The van der Waals surface area contributed by atoms with Crippen LogP contribution in [0.2, 0.25) is 0 Å². The summed E-state index contributed by atoms with van der Waals surface area (Å²) in [5.74, 6) is 0.142. The van der Waals surface area contributed by atoms with Crippen molar-refractivity contribution in [1.82, 2.24) is 9.80 Å². The van der Waals surface area contributed by atoms with E-state index in [-0.39, 0.29) is 17.5 Å². The van der Waals surface area contributed by atoms with E-state index >= 15 is 0 Å². The lowest BCUT2D eigenvalue weighted by atomic mass is 9.75. The summed E-state index contributed by atoms with van der Waals surface area (Å²) < 4.78 is 0. The third-order valence-corrected chi connectivity index (χ3v) is 4.06. The molecule has 1 heterocycles. The lowest BCUT2D eigenvalue weighted by Gasteiger charge is -2.49. The Kier molecular flexibility index (Phi) is 2.73. The Balaban J connectivity index is 1.99. The molecule has 2 N–H and O–H groups in total. The average molecular weight is 211 g/mol. The van der Waals surface area contributed by atoms with Gasteiger partial charge in [-0.25, -0.2) is 0 Å². The van der Waals surface area contributed by atoms with Crippen LogP contribution in [0.3, 0.4) is 0 Å². The maximum Gasteiger partial charge on any atom is 0.239 e. The maximum absolute atomic E-state index is 11.7. The van der Waals surface area contributed by atoms with E-state index in [1.54, 1.807) is 0 Å². The SMILES string of the molecule is CN(C)C1(CN2CCC(N)C2=O)CCC1. The van der Waals surface area contributed by atoms with Gasteiger partial charge in [-0.2, -0.15) is 0 Å². The van der Waals surface area contributed by atoms with Gasteiger partial charge < -0.3 is 15.5 Å². The summed E-state index contributed by atoms with van der Waals surface area (Å²) in [7, 11) is 4.22. The molecule has 1 saturated heterocycles. The van der Waals surface area contributed by atoms with Gasteiger partial charge in [-0.15, -0.1) is 0 Å². The van der Waals surface area contributed by atoms with Crippen molar-refractivity contribution in [3.05, 3.63) is 0 Å². The Morgan fingerprint density at radius 2 is 2.20 bits per heavy atom. The molecule has 86 valence electrons. The first kappa shape index (κ1) is 10.9. The van der Waals surface area contributed by atoms with Gasteiger partial charge in [-0.05, 0) is 39.8 Å². The molecule has 2 rings (SSSR count). The number of hydrogen-bond acceptors (Lipinski definition) is 3. The van der Waals surface area contributed by atoms with Crippen molar-refractivity contribution in [3.63, 3.8) is 0 Å². The normalized spacial score (nSPS) is 29.7. The zero-order valence-corrected chi connectivity index (χ0v) is 9.70. The highest BCUT2D eigenvalue weighted by Gasteiger charge is 2.43. The molecule has 1 saturated carbocycles. The Morgan fingerprint density at radius 1 is 1.53 bits per heavy atom. The van der Waals surface area contributed by atoms with Crippen LogP contribution in [0, 0.1) is 0 Å². The number of amides is 1. The third-order valence-electron chi connectivity index (χ3n) is 4.06. The Hall–Kier alpha value is -0.610. The zero-order valence-electron chi connectivity index (χ0n) is 9.70. The van der Waals surface area contributed by atoms with Gasteiger partial charge in [0.15, 0.2) is 0 Å². The van der Waals surface area contributed by atoms with Crippen LogP contribution < -0.4 is 5.73 Å². The first-order valence-electron chi connectivity index (χ1n) is 5.77. The Labute approximate surface area is 91.4 Å². The molecular weight excluding hydrogens is 190 g/mol. The van der Waals surface area contributed by atoms with E-state index in [9.17, 15) is 4.79 Å². The Morgan fingerprint density at radius 3 is 2.53 bits per heavy atom. The van der Waals surface area contributed by atoms with Crippen LogP contribution in [0.15, 0.2) is 0 Å². The molecule has 0 bridgehead atoms. The van der Waals surface area contributed by atoms with Crippen molar-refractivity contribution in [2.24, 2.45) is 5.73 Å². The molecule has 1 aliphatic carbocycles. The van der Waals surface area contributed by atoms with Gasteiger partial charge in [0.1, 0.15) is 0 Å². The van der Waals surface area contributed by atoms with Gasteiger partial charge in [0.2, 0.25) is 5.91 Å². The molecule has 4 nitrogen and oxygen atoms in total. The van der Waals surface area contributed by atoms with Crippen LogP contribution in [-0.2, 0) is 4.79 Å². The van der Waals surface area contributed by atoms with Crippen LogP contribution in [0.1, 0.15) is 25.7 Å². The molecule has 1 aliphatic heterocycles. The van der Waals surface area contributed by atoms with E-state index in [1.165, 1.54) is 19.3 Å². The molecule has 0 spiro atoms. The quantitative estimate of drug-likeness (QED) is 0.716. The molecule has 0 aromatic carbocycles. The number of likely N-dealkylation sites (tertiary alicyclic amines) is 1. The standard InChI is InChI=1S/C11H21N3O/c1-13(2)11(5-3-6-11)8-14-7-4-9(12)10(14)15/h9H,3-8,12H2,1-2H3. The zero-order chi connectivity index (χ0) is 11.1. The van der Waals surface area contributed by atoms with Crippen molar-refractivity contribution >= 4 is 5.91 Å². The summed E-state index contributed by atoms with van der Waals surface area (Å²) in [6.07, 6.45) is 4.52. The minimum atomic E-state index is -0.246. The van der Waals surface area contributed by atoms with Gasteiger partial charge in [0.05, 0.1) is 6.04 Å². The Bertz CT molecular complexity index is 261. The van der Waals surface area contributed by atoms with E-state index in [2.05, 4.69) is 19.0 Å². The molecule has 2 fully saturated rings. The molecule has 15 heavy (non-hydrogen) atoms. The lowest BCUT2D eigenvalue weighted by Crippen LogP contribution is -2.58. The fourth-order valence-corrected chi connectivity index (χ4v) is 2.61. The average Bonchev–Trinajstić information content (AvgIpc) is 2.41. The summed E-state index contributed by atoms with van der Waals surface area (Å²) in [6.45, 7) is 1.71. The summed E-state index contributed by atoms with van der Waals surface area (Å²) in [5, 5.41) is 0. The predicted octanol–water partition coefficient (Wildman–Crippen LogP) is 0.0303. The topological polar surface area (TPSA) is 49.6 Å². The molecule has 0 radical (unpaired) electrons. The van der Waals surface area contributed by atoms with Crippen LogP contribution >= 0.6 is 0 Å². The molecule has 2 aliphatic rings. The molecule has 1 unspecified atom stereocenters. The van der Waals surface area contributed by atoms with E-state index in [4.69, 9.17) is 5.73 Å². The monoisotopic (exact) mass is 211 g/mol. The number of carbonyl (C=O) groups excluding carboxylic acids is 1. The van der Waals surface area contributed by atoms with E-state index in [0.29, 0.717) is 0 Å². The highest BCUT2D eigenvalue weighted by molar-refractivity contribution is 5.83. The second-order valence-electron chi connectivity index (χ2n) is 5.13. The van der Waals surface area contributed by atoms with Crippen LogP contribution in [0.4, 0.5) is 0 Å². The first-order chi connectivity index (χ1) is 7.05. The van der Waals surface area contributed by atoms with E-state index in [1.807, 2.05) is 4.90 Å². The van der Waals surface area contributed by atoms with Crippen molar-refractivity contribution in [2.75, 3.05) is 27.2 Å². The van der Waals surface area contributed by atoms with Crippen LogP contribution in [0.5, 0.6) is 0 Å². The largest absolute Gasteiger partial charge is 0.339 e. The molecular formula is C11H21N3O. The fraction of sp³-hybridized carbons (Fsp3) is 0.909. The second-order valence-corrected chi connectivity index (χ2v) is 5.13. The van der Waals surface area contributed by atoms with Crippen molar-refractivity contribution in [2.45, 2.75) is 37.3 Å². The summed E-state index contributed by atoms with van der Waals surface area (Å²) in [4.78, 5) is 15.9. The van der Waals surface area contributed by atoms with Gasteiger partial charge in [0.25, 0.3) is 0 Å². The fourth-order valence-electron chi connectivity index (χ4n) is 2.61. The highest BCUT2D eigenvalue weighted by atomic mass is 16.2. The number of rotatable bonds is 3. The third kappa shape index (κ3) is 1.76. The number of hydrogen-bond donors (Lipinski definition) is 1. The number of nitrogens with two attached hydrogens (primary N) is 1. The molecule has 4 heteroatoms. The van der Waals surface area contributed by atoms with E-state index < -0.39 is 0 Å². The maximum atomic E-state index is 11.7. The number of carbonyl (C=O) groups is 1. The number of likely N-dealkylation sites (N-methyl/N-ethyl adjacent to an activating group) is 1. The molecule has 0 aromatic rings. The van der Waals surface area contributed by atoms with Crippen LogP contribution in [0.25, 0.3) is 0 Å². The minimum absolute atomic E-state index is 0.142. The summed E-state index contributed by atoms with van der Waals surface area (Å²) in [6, 6.07) is -0.246. The predicted molar refractivity (Wildman–Crippen MR) is 59.4 cm³/mol. The van der Waals surface area contributed by atoms with Crippen molar-refractivity contribution in [3.8, 4) is 0 Å².